The predicted molar refractivity (Wildman–Crippen MR) is 88.8 cm³/mol. The zero-order valence-electron chi connectivity index (χ0n) is 13.2. The van der Waals surface area contributed by atoms with Crippen molar-refractivity contribution in [3.63, 3.8) is 0 Å². The van der Waals surface area contributed by atoms with Gasteiger partial charge in [-0.05, 0) is 74.3 Å². The van der Waals surface area contributed by atoms with Crippen molar-refractivity contribution in [3.05, 3.63) is 46.8 Å². The first-order chi connectivity index (χ1) is 10.1. The quantitative estimate of drug-likeness (QED) is 0.817. The van der Waals surface area contributed by atoms with Crippen LogP contribution in [0.15, 0.2) is 34.4 Å². The van der Waals surface area contributed by atoms with E-state index in [1.54, 1.807) is 11.8 Å². The van der Waals surface area contributed by atoms with Crippen LogP contribution in [0.1, 0.15) is 35.7 Å². The second kappa shape index (κ2) is 7.57. The van der Waals surface area contributed by atoms with Gasteiger partial charge in [0.2, 0.25) is 0 Å². The van der Waals surface area contributed by atoms with Crippen molar-refractivity contribution < 1.29 is 0 Å². The Balaban J connectivity index is 2.10. The number of hydrogen-bond donors (Lipinski definition) is 1. The molecule has 0 radical (unpaired) electrons. The number of nitrogens with one attached hydrogen (secondary N) is 1. The average Bonchev–Trinajstić information content (AvgIpc) is 2.41. The number of hydrogen-bond acceptors (Lipinski definition) is 4. The van der Waals surface area contributed by atoms with Gasteiger partial charge in [0, 0.05) is 18.4 Å². The van der Waals surface area contributed by atoms with Crippen molar-refractivity contribution in [2.75, 3.05) is 6.54 Å². The normalized spacial score (nSPS) is 10.9. The van der Waals surface area contributed by atoms with E-state index in [1.807, 2.05) is 13.1 Å². The molecule has 0 spiro atoms. The molecule has 2 heterocycles. The van der Waals surface area contributed by atoms with Crippen LogP contribution in [0.3, 0.4) is 0 Å². The van der Waals surface area contributed by atoms with Crippen molar-refractivity contribution in [2.45, 2.75) is 50.7 Å². The fourth-order valence-electron chi connectivity index (χ4n) is 2.19. The molecule has 0 fully saturated rings. The van der Waals surface area contributed by atoms with Crippen LogP contribution in [0.5, 0.6) is 0 Å². The monoisotopic (exact) mass is 301 g/mol. The van der Waals surface area contributed by atoms with Crippen LogP contribution in [-0.4, -0.2) is 16.5 Å². The lowest BCUT2D eigenvalue weighted by Gasteiger charge is -2.08. The van der Waals surface area contributed by atoms with Gasteiger partial charge in [-0.15, -0.1) is 0 Å². The van der Waals surface area contributed by atoms with Gasteiger partial charge >= 0.3 is 0 Å². The molecular weight excluding hydrogens is 278 g/mol. The van der Waals surface area contributed by atoms with Crippen LogP contribution in [-0.2, 0) is 6.54 Å². The Morgan fingerprint density at radius 3 is 2.62 bits per heavy atom. The van der Waals surface area contributed by atoms with Gasteiger partial charge in [0.05, 0.1) is 0 Å². The topological polar surface area (TPSA) is 37.8 Å². The van der Waals surface area contributed by atoms with Gasteiger partial charge in [-0.2, -0.15) is 0 Å². The summed E-state index contributed by atoms with van der Waals surface area (Å²) in [5.41, 5.74) is 4.73. The first-order valence-electron chi connectivity index (χ1n) is 7.38. The molecular formula is C17H23N3S. The highest BCUT2D eigenvalue weighted by molar-refractivity contribution is 7.99. The van der Waals surface area contributed by atoms with E-state index < -0.39 is 0 Å². The van der Waals surface area contributed by atoms with E-state index in [-0.39, 0.29) is 0 Å². The minimum atomic E-state index is 0.883. The van der Waals surface area contributed by atoms with E-state index in [1.165, 1.54) is 16.7 Å². The Bertz CT molecular complexity index is 591. The molecule has 0 saturated carbocycles. The summed E-state index contributed by atoms with van der Waals surface area (Å²) in [7, 11) is 0. The van der Waals surface area contributed by atoms with E-state index >= 15 is 0 Å². The molecule has 0 aliphatic carbocycles. The lowest BCUT2D eigenvalue weighted by molar-refractivity contribution is 0.672. The van der Waals surface area contributed by atoms with E-state index in [9.17, 15) is 0 Å². The highest BCUT2D eigenvalue weighted by Gasteiger charge is 2.06. The smallest absolute Gasteiger partial charge is 0.105 e. The standard InChI is InChI=1S/C17H23N3S/c1-5-6-18-10-15-9-13(3)17(19-11-15)21-16-8-12(2)7-14(4)20-16/h7-9,11,18H,5-6,10H2,1-4H3. The summed E-state index contributed by atoms with van der Waals surface area (Å²) in [5, 5.41) is 5.45. The lowest BCUT2D eigenvalue weighted by atomic mass is 10.2. The Kier molecular flexibility index (Phi) is 5.76. The summed E-state index contributed by atoms with van der Waals surface area (Å²) in [5.74, 6) is 0. The zero-order valence-corrected chi connectivity index (χ0v) is 14.0. The van der Waals surface area contributed by atoms with Crippen molar-refractivity contribution in [1.82, 2.24) is 15.3 Å². The molecule has 0 atom stereocenters. The maximum atomic E-state index is 4.59. The van der Waals surface area contributed by atoms with E-state index in [0.717, 1.165) is 35.3 Å². The Hall–Kier alpha value is -1.39. The molecule has 0 aliphatic rings. The van der Waals surface area contributed by atoms with Crippen molar-refractivity contribution >= 4 is 11.8 Å². The van der Waals surface area contributed by atoms with Crippen molar-refractivity contribution in [2.24, 2.45) is 0 Å². The zero-order chi connectivity index (χ0) is 15.2. The molecule has 4 heteroatoms. The third-order valence-corrected chi connectivity index (χ3v) is 4.16. The second-order valence-electron chi connectivity index (χ2n) is 5.37. The van der Waals surface area contributed by atoms with Gasteiger partial charge in [0.1, 0.15) is 10.1 Å². The highest BCUT2D eigenvalue weighted by atomic mass is 32.2. The van der Waals surface area contributed by atoms with Crippen LogP contribution in [0.25, 0.3) is 0 Å². The van der Waals surface area contributed by atoms with E-state index in [4.69, 9.17) is 0 Å². The maximum absolute atomic E-state index is 4.59. The molecule has 0 bridgehead atoms. The fourth-order valence-corrected chi connectivity index (χ4v) is 3.15. The van der Waals surface area contributed by atoms with Gasteiger partial charge in [-0.1, -0.05) is 13.0 Å². The summed E-state index contributed by atoms with van der Waals surface area (Å²) >= 11 is 1.64. The molecule has 112 valence electrons. The van der Waals surface area contributed by atoms with Gasteiger partial charge in [-0.3, -0.25) is 0 Å². The van der Waals surface area contributed by atoms with Gasteiger partial charge in [0.25, 0.3) is 0 Å². The van der Waals surface area contributed by atoms with Crippen molar-refractivity contribution in [1.29, 1.82) is 0 Å². The minimum absolute atomic E-state index is 0.883. The summed E-state index contributed by atoms with van der Waals surface area (Å²) < 4.78 is 0. The minimum Gasteiger partial charge on any atom is -0.313 e. The molecule has 2 aromatic rings. The van der Waals surface area contributed by atoms with Crippen LogP contribution < -0.4 is 5.32 Å². The third-order valence-electron chi connectivity index (χ3n) is 3.12. The molecule has 0 aliphatic heterocycles. The third kappa shape index (κ3) is 4.83. The summed E-state index contributed by atoms with van der Waals surface area (Å²) in [4.78, 5) is 9.16. The first kappa shape index (κ1) is 16.0. The Morgan fingerprint density at radius 2 is 1.95 bits per heavy atom. The average molecular weight is 301 g/mol. The second-order valence-corrected chi connectivity index (χ2v) is 6.38. The lowest BCUT2D eigenvalue weighted by Crippen LogP contribution is -2.14. The Morgan fingerprint density at radius 1 is 1.14 bits per heavy atom. The molecule has 1 N–H and O–H groups in total. The first-order valence-corrected chi connectivity index (χ1v) is 8.19. The SMILES string of the molecule is CCCNCc1cnc(Sc2cc(C)cc(C)n2)c(C)c1. The molecule has 2 rings (SSSR count). The summed E-state index contributed by atoms with van der Waals surface area (Å²) in [6.07, 6.45) is 3.11. The van der Waals surface area contributed by atoms with Crippen molar-refractivity contribution in [3.8, 4) is 0 Å². The number of pyridine rings is 2. The van der Waals surface area contributed by atoms with Gasteiger partial charge in [-0.25, -0.2) is 9.97 Å². The number of rotatable bonds is 6. The van der Waals surface area contributed by atoms with Crippen LogP contribution in [0.4, 0.5) is 0 Å². The number of aromatic nitrogens is 2. The van der Waals surface area contributed by atoms with E-state index in [2.05, 4.69) is 54.3 Å². The molecule has 21 heavy (non-hydrogen) atoms. The molecule has 0 saturated heterocycles. The molecule has 0 amide bonds. The summed E-state index contributed by atoms with van der Waals surface area (Å²) in [6, 6.07) is 6.41. The number of nitrogens with zero attached hydrogens (tertiary/aromatic N) is 2. The number of aryl methyl sites for hydroxylation is 3. The predicted octanol–water partition coefficient (Wildman–Crippen LogP) is 4.05. The van der Waals surface area contributed by atoms with Crippen LogP contribution >= 0.6 is 11.8 Å². The largest absolute Gasteiger partial charge is 0.313 e. The molecule has 3 nitrogen and oxygen atoms in total. The van der Waals surface area contributed by atoms with Crippen LogP contribution in [0.2, 0.25) is 0 Å². The van der Waals surface area contributed by atoms with Gasteiger partial charge in [0.15, 0.2) is 0 Å². The summed E-state index contributed by atoms with van der Waals surface area (Å²) in [6.45, 7) is 10.3. The van der Waals surface area contributed by atoms with E-state index in [0.29, 0.717) is 0 Å². The molecule has 0 aromatic carbocycles. The molecule has 0 unspecified atom stereocenters. The highest BCUT2D eigenvalue weighted by Crippen LogP contribution is 2.28. The maximum Gasteiger partial charge on any atom is 0.105 e. The fraction of sp³-hybridized carbons (Fsp3) is 0.412. The van der Waals surface area contributed by atoms with Gasteiger partial charge < -0.3 is 5.32 Å². The van der Waals surface area contributed by atoms with Crippen LogP contribution in [0, 0.1) is 20.8 Å². The molecule has 2 aromatic heterocycles. The Labute approximate surface area is 131 Å².